The quantitative estimate of drug-likeness (QED) is 0.798. The zero-order chi connectivity index (χ0) is 19.9. The van der Waals surface area contributed by atoms with Crippen molar-refractivity contribution in [2.75, 3.05) is 30.0 Å². The molecule has 1 N–H and O–H groups in total. The average molecular weight is 379 g/mol. The van der Waals surface area contributed by atoms with Gasteiger partial charge in [0.15, 0.2) is 18.1 Å². The van der Waals surface area contributed by atoms with Crippen LogP contribution in [0.1, 0.15) is 25.3 Å². The maximum Gasteiger partial charge on any atom is 0.262 e. The summed E-state index contributed by atoms with van der Waals surface area (Å²) in [6.07, 6.45) is 1.45. The van der Waals surface area contributed by atoms with E-state index in [-0.39, 0.29) is 18.4 Å². The smallest absolute Gasteiger partial charge is 0.262 e. The third kappa shape index (κ3) is 4.60. The van der Waals surface area contributed by atoms with Crippen molar-refractivity contribution in [2.24, 2.45) is 0 Å². The lowest BCUT2D eigenvalue weighted by Crippen LogP contribution is -2.23. The number of benzene rings is 2. The molecule has 7 nitrogen and oxygen atoms in total. The van der Waals surface area contributed by atoms with E-state index in [0.29, 0.717) is 35.8 Å². The number of nitrogens with zero attached hydrogens (tertiary/aromatic N) is 2. The maximum atomic E-state index is 12.2. The van der Waals surface area contributed by atoms with Gasteiger partial charge in [-0.3, -0.25) is 9.59 Å². The highest BCUT2D eigenvalue weighted by molar-refractivity contribution is 5.96. The molecule has 0 aromatic heterocycles. The van der Waals surface area contributed by atoms with Gasteiger partial charge in [-0.25, -0.2) is 0 Å². The van der Waals surface area contributed by atoms with E-state index in [0.717, 1.165) is 18.7 Å². The second-order valence-corrected chi connectivity index (χ2v) is 6.24. The zero-order valence-corrected chi connectivity index (χ0v) is 15.6. The molecule has 3 rings (SSSR count). The van der Waals surface area contributed by atoms with Crippen molar-refractivity contribution in [3.63, 3.8) is 0 Å². The molecule has 2 aromatic carbocycles. The SMILES string of the molecule is CCOc1cc(C#N)ccc1OCC(=O)Nc1ccc(N2CCCC2=O)cc1. The van der Waals surface area contributed by atoms with Crippen molar-refractivity contribution in [1.82, 2.24) is 0 Å². The van der Waals surface area contributed by atoms with Crippen molar-refractivity contribution in [1.29, 1.82) is 5.26 Å². The molecular weight excluding hydrogens is 358 g/mol. The topological polar surface area (TPSA) is 91.7 Å². The molecule has 0 unspecified atom stereocenters. The standard InChI is InChI=1S/C21H21N3O4/c1-2-27-19-12-15(13-22)5-10-18(19)28-14-20(25)23-16-6-8-17(9-7-16)24-11-3-4-21(24)26/h5-10,12H,2-4,11,14H2,1H3,(H,23,25). The van der Waals surface area contributed by atoms with Gasteiger partial charge in [-0.2, -0.15) is 5.26 Å². The first-order valence-corrected chi connectivity index (χ1v) is 9.10. The second kappa shape index (κ2) is 8.91. The van der Waals surface area contributed by atoms with Crippen molar-refractivity contribution >= 4 is 23.2 Å². The van der Waals surface area contributed by atoms with E-state index in [9.17, 15) is 9.59 Å². The van der Waals surface area contributed by atoms with Gasteiger partial charge in [0.05, 0.1) is 18.2 Å². The minimum Gasteiger partial charge on any atom is -0.490 e. The van der Waals surface area contributed by atoms with Crippen molar-refractivity contribution in [3.05, 3.63) is 48.0 Å². The van der Waals surface area contributed by atoms with E-state index < -0.39 is 0 Å². The van der Waals surface area contributed by atoms with E-state index >= 15 is 0 Å². The first kappa shape index (κ1) is 19.2. The fourth-order valence-corrected chi connectivity index (χ4v) is 2.95. The number of carbonyl (C=O) groups is 2. The Morgan fingerprint density at radius 1 is 1.18 bits per heavy atom. The highest BCUT2D eigenvalue weighted by atomic mass is 16.5. The Labute approximate surface area is 163 Å². The van der Waals surface area contributed by atoms with Crippen LogP contribution >= 0.6 is 0 Å². The highest BCUT2D eigenvalue weighted by Gasteiger charge is 2.21. The summed E-state index contributed by atoms with van der Waals surface area (Å²) in [5.41, 5.74) is 1.90. The lowest BCUT2D eigenvalue weighted by Gasteiger charge is -2.16. The second-order valence-electron chi connectivity index (χ2n) is 6.24. The molecule has 0 aliphatic carbocycles. The summed E-state index contributed by atoms with van der Waals surface area (Å²) in [7, 11) is 0. The van der Waals surface area contributed by atoms with Gasteiger partial charge in [0, 0.05) is 30.4 Å². The minimum atomic E-state index is -0.322. The van der Waals surface area contributed by atoms with Gasteiger partial charge in [-0.05, 0) is 49.7 Å². The summed E-state index contributed by atoms with van der Waals surface area (Å²) >= 11 is 0. The molecule has 1 saturated heterocycles. The number of amides is 2. The van der Waals surface area contributed by atoms with Gasteiger partial charge >= 0.3 is 0 Å². The van der Waals surface area contributed by atoms with Crippen LogP contribution in [0.15, 0.2) is 42.5 Å². The van der Waals surface area contributed by atoms with Gasteiger partial charge < -0.3 is 19.7 Å². The minimum absolute atomic E-state index is 0.123. The number of ether oxygens (including phenoxy) is 2. The summed E-state index contributed by atoms with van der Waals surface area (Å²) < 4.78 is 11.0. The molecule has 1 aliphatic heterocycles. The molecule has 7 heteroatoms. The van der Waals surface area contributed by atoms with E-state index in [1.807, 2.05) is 25.1 Å². The third-order valence-corrected chi connectivity index (χ3v) is 4.27. The van der Waals surface area contributed by atoms with E-state index in [2.05, 4.69) is 5.32 Å². The predicted octanol–water partition coefficient (Wildman–Crippen LogP) is 3.10. The average Bonchev–Trinajstić information content (AvgIpc) is 3.13. The Kier molecular flexibility index (Phi) is 6.12. The van der Waals surface area contributed by atoms with Gasteiger partial charge in [-0.1, -0.05) is 0 Å². The van der Waals surface area contributed by atoms with Gasteiger partial charge in [0.2, 0.25) is 5.91 Å². The largest absolute Gasteiger partial charge is 0.490 e. The molecule has 0 bridgehead atoms. The van der Waals surface area contributed by atoms with Crippen LogP contribution in [0.4, 0.5) is 11.4 Å². The van der Waals surface area contributed by atoms with Gasteiger partial charge in [0.25, 0.3) is 5.91 Å². The lowest BCUT2D eigenvalue weighted by atomic mass is 10.2. The summed E-state index contributed by atoms with van der Waals surface area (Å²) in [4.78, 5) is 25.7. The normalized spacial score (nSPS) is 13.1. The Morgan fingerprint density at radius 2 is 1.96 bits per heavy atom. The molecule has 0 atom stereocenters. The predicted molar refractivity (Wildman–Crippen MR) is 104 cm³/mol. The van der Waals surface area contributed by atoms with E-state index in [1.54, 1.807) is 35.2 Å². The molecule has 1 fully saturated rings. The number of hydrogen-bond acceptors (Lipinski definition) is 5. The molecule has 2 amide bonds. The monoisotopic (exact) mass is 379 g/mol. The Balaban J connectivity index is 1.57. The van der Waals surface area contributed by atoms with Crippen LogP contribution in [0.2, 0.25) is 0 Å². The van der Waals surface area contributed by atoms with E-state index in [4.69, 9.17) is 14.7 Å². The van der Waals surface area contributed by atoms with Gasteiger partial charge in [0.1, 0.15) is 0 Å². The van der Waals surface area contributed by atoms with Crippen LogP contribution in [0, 0.1) is 11.3 Å². The number of rotatable bonds is 7. The van der Waals surface area contributed by atoms with Crippen molar-refractivity contribution < 1.29 is 19.1 Å². The van der Waals surface area contributed by atoms with Crippen LogP contribution in [-0.2, 0) is 9.59 Å². The molecule has 1 heterocycles. The van der Waals surface area contributed by atoms with Crippen molar-refractivity contribution in [2.45, 2.75) is 19.8 Å². The summed E-state index contributed by atoms with van der Waals surface area (Å²) in [5.74, 6) is 0.627. The van der Waals surface area contributed by atoms with Crippen LogP contribution in [0.5, 0.6) is 11.5 Å². The van der Waals surface area contributed by atoms with Gasteiger partial charge in [-0.15, -0.1) is 0 Å². The first-order chi connectivity index (χ1) is 13.6. The zero-order valence-electron chi connectivity index (χ0n) is 15.6. The van der Waals surface area contributed by atoms with E-state index in [1.165, 1.54) is 0 Å². The van der Waals surface area contributed by atoms with Crippen LogP contribution < -0.4 is 19.7 Å². The molecule has 0 spiro atoms. The number of carbonyl (C=O) groups excluding carboxylic acids is 2. The molecule has 0 radical (unpaired) electrons. The van der Waals surface area contributed by atoms with Crippen LogP contribution in [0.25, 0.3) is 0 Å². The van der Waals surface area contributed by atoms with Crippen molar-refractivity contribution in [3.8, 4) is 17.6 Å². The number of hydrogen-bond donors (Lipinski definition) is 1. The third-order valence-electron chi connectivity index (χ3n) is 4.27. The lowest BCUT2D eigenvalue weighted by molar-refractivity contribution is -0.118. The fraction of sp³-hybridized carbons (Fsp3) is 0.286. The Hall–Kier alpha value is -3.53. The molecule has 2 aromatic rings. The molecule has 28 heavy (non-hydrogen) atoms. The molecule has 144 valence electrons. The number of nitrogens with one attached hydrogen (secondary N) is 1. The first-order valence-electron chi connectivity index (χ1n) is 9.10. The molecular formula is C21H21N3O4. The molecule has 1 aliphatic rings. The van der Waals surface area contributed by atoms with Crippen LogP contribution in [0.3, 0.4) is 0 Å². The summed E-state index contributed by atoms with van der Waals surface area (Å²) in [6, 6.07) is 14.0. The number of nitriles is 1. The Bertz CT molecular complexity index is 903. The number of anilines is 2. The summed E-state index contributed by atoms with van der Waals surface area (Å²) in [6.45, 7) is 2.78. The molecule has 0 saturated carbocycles. The Morgan fingerprint density at radius 3 is 2.61 bits per heavy atom. The summed E-state index contributed by atoms with van der Waals surface area (Å²) in [5, 5.41) is 11.7. The van der Waals surface area contributed by atoms with Crippen LogP contribution in [-0.4, -0.2) is 31.6 Å². The fourth-order valence-electron chi connectivity index (χ4n) is 2.95. The maximum absolute atomic E-state index is 12.2. The highest BCUT2D eigenvalue weighted by Crippen LogP contribution is 2.28.